The van der Waals surface area contributed by atoms with Crippen molar-refractivity contribution in [3.05, 3.63) is 35.9 Å². The Morgan fingerprint density at radius 3 is 2.36 bits per heavy atom. The molecule has 1 aromatic carbocycles. The molecule has 14 heavy (non-hydrogen) atoms. The zero-order valence-electron chi connectivity index (χ0n) is 9.46. The van der Waals surface area contributed by atoms with Crippen molar-refractivity contribution in [3.63, 3.8) is 0 Å². The van der Waals surface area contributed by atoms with Gasteiger partial charge in [-0.1, -0.05) is 50.6 Å². The van der Waals surface area contributed by atoms with Crippen LogP contribution >= 0.6 is 0 Å². The Labute approximate surface area is 87.3 Å². The van der Waals surface area contributed by atoms with E-state index in [1.807, 2.05) is 6.07 Å². The van der Waals surface area contributed by atoms with E-state index in [9.17, 15) is 0 Å². The second-order valence-corrected chi connectivity index (χ2v) is 4.50. The van der Waals surface area contributed by atoms with E-state index in [0.717, 1.165) is 6.42 Å². The van der Waals surface area contributed by atoms with Gasteiger partial charge in [-0.15, -0.1) is 0 Å². The summed E-state index contributed by atoms with van der Waals surface area (Å²) < 4.78 is 0. The summed E-state index contributed by atoms with van der Waals surface area (Å²) in [7, 11) is 0. The van der Waals surface area contributed by atoms with Crippen molar-refractivity contribution in [1.82, 2.24) is 0 Å². The zero-order chi connectivity index (χ0) is 10.6. The van der Waals surface area contributed by atoms with Crippen LogP contribution in [0.15, 0.2) is 30.3 Å². The van der Waals surface area contributed by atoms with Gasteiger partial charge < -0.3 is 5.73 Å². The second kappa shape index (κ2) is 4.61. The number of hydrogen-bond donors (Lipinski definition) is 1. The lowest BCUT2D eigenvalue weighted by Crippen LogP contribution is -2.34. The summed E-state index contributed by atoms with van der Waals surface area (Å²) in [6, 6.07) is 10.4. The largest absolute Gasteiger partial charge is 0.322 e. The Bertz CT molecular complexity index is 264. The molecule has 1 aromatic rings. The van der Waals surface area contributed by atoms with E-state index in [1.165, 1.54) is 12.0 Å². The lowest BCUT2D eigenvalue weighted by Gasteiger charge is -2.28. The molecule has 0 saturated heterocycles. The van der Waals surface area contributed by atoms with E-state index in [2.05, 4.69) is 45.0 Å². The topological polar surface area (TPSA) is 26.0 Å². The third-order valence-electron chi connectivity index (χ3n) is 2.90. The molecular formula is C13H21N. The molecule has 2 unspecified atom stereocenters. The molecule has 0 aliphatic carbocycles. The molecule has 0 bridgehead atoms. The van der Waals surface area contributed by atoms with Gasteiger partial charge in [0.2, 0.25) is 0 Å². The van der Waals surface area contributed by atoms with Crippen LogP contribution in [0.1, 0.15) is 39.2 Å². The minimum absolute atomic E-state index is 0.184. The molecular weight excluding hydrogens is 170 g/mol. The molecule has 0 radical (unpaired) electrons. The summed E-state index contributed by atoms with van der Waals surface area (Å²) in [6.07, 6.45) is 2.24. The molecule has 0 aliphatic heterocycles. The second-order valence-electron chi connectivity index (χ2n) is 4.50. The minimum atomic E-state index is -0.184. The number of benzene rings is 1. The van der Waals surface area contributed by atoms with Crippen molar-refractivity contribution in [1.29, 1.82) is 0 Å². The summed E-state index contributed by atoms with van der Waals surface area (Å²) in [5.74, 6) is 0.685. The van der Waals surface area contributed by atoms with Gasteiger partial charge in [0.15, 0.2) is 0 Å². The highest BCUT2D eigenvalue weighted by molar-refractivity contribution is 5.22. The highest BCUT2D eigenvalue weighted by Gasteiger charge is 2.22. The fourth-order valence-electron chi connectivity index (χ4n) is 1.80. The molecule has 2 atom stereocenters. The average molecular weight is 191 g/mol. The van der Waals surface area contributed by atoms with Gasteiger partial charge in [-0.2, -0.15) is 0 Å². The maximum Gasteiger partial charge on any atom is 0.0383 e. The highest BCUT2D eigenvalue weighted by Crippen LogP contribution is 2.26. The third-order valence-corrected chi connectivity index (χ3v) is 2.90. The van der Waals surface area contributed by atoms with Gasteiger partial charge in [-0.25, -0.2) is 0 Å². The summed E-state index contributed by atoms with van der Waals surface area (Å²) >= 11 is 0. The van der Waals surface area contributed by atoms with Crippen molar-refractivity contribution in [2.24, 2.45) is 11.7 Å². The van der Waals surface area contributed by atoms with Crippen LogP contribution in [0.5, 0.6) is 0 Å². The molecule has 0 aromatic heterocycles. The highest BCUT2D eigenvalue weighted by atomic mass is 14.7. The van der Waals surface area contributed by atoms with E-state index in [1.54, 1.807) is 0 Å². The van der Waals surface area contributed by atoms with Gasteiger partial charge in [0, 0.05) is 5.54 Å². The molecule has 0 fully saturated rings. The molecule has 0 saturated carbocycles. The van der Waals surface area contributed by atoms with Gasteiger partial charge >= 0.3 is 0 Å². The van der Waals surface area contributed by atoms with Gasteiger partial charge in [-0.05, 0) is 24.8 Å². The van der Waals surface area contributed by atoms with E-state index < -0.39 is 0 Å². The number of rotatable bonds is 4. The summed E-state index contributed by atoms with van der Waals surface area (Å²) in [4.78, 5) is 0. The first-order valence-corrected chi connectivity index (χ1v) is 5.40. The smallest absolute Gasteiger partial charge is 0.0383 e. The Morgan fingerprint density at radius 1 is 1.29 bits per heavy atom. The van der Waals surface area contributed by atoms with Gasteiger partial charge in [-0.3, -0.25) is 0 Å². The van der Waals surface area contributed by atoms with Crippen LogP contribution in [0, 0.1) is 5.92 Å². The molecule has 78 valence electrons. The van der Waals surface area contributed by atoms with Crippen LogP contribution in [0.2, 0.25) is 0 Å². The van der Waals surface area contributed by atoms with Crippen molar-refractivity contribution in [2.75, 3.05) is 0 Å². The van der Waals surface area contributed by atoms with Crippen molar-refractivity contribution < 1.29 is 0 Å². The van der Waals surface area contributed by atoms with Crippen LogP contribution in [-0.4, -0.2) is 0 Å². The standard InChI is InChI=1S/C13H21N/c1-4-11(2)10-13(3,14)12-8-6-5-7-9-12/h5-9,11H,4,10,14H2,1-3H3. The van der Waals surface area contributed by atoms with Crippen molar-refractivity contribution >= 4 is 0 Å². The summed E-state index contributed by atoms with van der Waals surface area (Å²) in [5, 5.41) is 0. The normalized spacial score (nSPS) is 17.4. The Morgan fingerprint density at radius 2 is 1.86 bits per heavy atom. The summed E-state index contributed by atoms with van der Waals surface area (Å²) in [5.41, 5.74) is 7.37. The lowest BCUT2D eigenvalue weighted by molar-refractivity contribution is 0.356. The Hall–Kier alpha value is -0.820. The van der Waals surface area contributed by atoms with Crippen LogP contribution in [0.4, 0.5) is 0 Å². The number of nitrogens with two attached hydrogens (primary N) is 1. The Kier molecular flexibility index (Phi) is 3.70. The van der Waals surface area contributed by atoms with Crippen molar-refractivity contribution in [2.45, 2.75) is 39.2 Å². The van der Waals surface area contributed by atoms with Crippen LogP contribution < -0.4 is 5.73 Å². The van der Waals surface area contributed by atoms with Crippen LogP contribution in [0.25, 0.3) is 0 Å². The van der Waals surface area contributed by atoms with Crippen LogP contribution in [-0.2, 0) is 5.54 Å². The van der Waals surface area contributed by atoms with E-state index in [0.29, 0.717) is 5.92 Å². The van der Waals surface area contributed by atoms with Gasteiger partial charge in [0.05, 0.1) is 0 Å². The monoisotopic (exact) mass is 191 g/mol. The molecule has 1 rings (SSSR count). The maximum atomic E-state index is 6.31. The maximum absolute atomic E-state index is 6.31. The van der Waals surface area contributed by atoms with E-state index >= 15 is 0 Å². The molecule has 1 nitrogen and oxygen atoms in total. The predicted molar refractivity (Wildman–Crippen MR) is 62.1 cm³/mol. The minimum Gasteiger partial charge on any atom is -0.322 e. The fourth-order valence-corrected chi connectivity index (χ4v) is 1.80. The quantitative estimate of drug-likeness (QED) is 0.776. The van der Waals surface area contributed by atoms with Crippen LogP contribution in [0.3, 0.4) is 0 Å². The zero-order valence-corrected chi connectivity index (χ0v) is 9.46. The molecule has 0 aliphatic rings. The summed E-state index contributed by atoms with van der Waals surface area (Å²) in [6.45, 7) is 6.59. The Balaban J connectivity index is 2.75. The SMILES string of the molecule is CCC(C)CC(C)(N)c1ccccc1. The van der Waals surface area contributed by atoms with Gasteiger partial charge in [0.25, 0.3) is 0 Å². The first-order chi connectivity index (χ1) is 6.56. The van der Waals surface area contributed by atoms with E-state index in [-0.39, 0.29) is 5.54 Å². The first kappa shape index (κ1) is 11.3. The van der Waals surface area contributed by atoms with Gasteiger partial charge in [0.1, 0.15) is 0 Å². The molecule has 1 heteroatoms. The third kappa shape index (κ3) is 2.85. The lowest BCUT2D eigenvalue weighted by atomic mass is 9.84. The molecule has 0 amide bonds. The van der Waals surface area contributed by atoms with E-state index in [4.69, 9.17) is 5.73 Å². The fraction of sp³-hybridized carbons (Fsp3) is 0.538. The van der Waals surface area contributed by atoms with Crippen molar-refractivity contribution in [3.8, 4) is 0 Å². The number of hydrogen-bond acceptors (Lipinski definition) is 1. The average Bonchev–Trinajstić information content (AvgIpc) is 2.18. The molecule has 2 N–H and O–H groups in total. The predicted octanol–water partition coefficient (Wildman–Crippen LogP) is 3.30. The molecule has 0 heterocycles. The first-order valence-electron chi connectivity index (χ1n) is 5.40. The molecule has 0 spiro atoms.